The van der Waals surface area contributed by atoms with Gasteiger partial charge in [-0.15, -0.1) is 0 Å². The predicted octanol–water partition coefficient (Wildman–Crippen LogP) is 3.14. The molecule has 0 aliphatic heterocycles. The monoisotopic (exact) mass is 277 g/mol. The zero-order valence-electron chi connectivity index (χ0n) is 11.0. The van der Waals surface area contributed by atoms with Gasteiger partial charge in [-0.25, -0.2) is 0 Å². The summed E-state index contributed by atoms with van der Waals surface area (Å²) in [4.78, 5) is 0. The molecule has 19 heavy (non-hydrogen) atoms. The van der Waals surface area contributed by atoms with E-state index in [4.69, 9.17) is 9.47 Å². The Morgan fingerprint density at radius 3 is 2.58 bits per heavy atom. The number of nitrogens with one attached hydrogen (secondary N) is 1. The highest BCUT2D eigenvalue weighted by atomic mass is 19.4. The van der Waals surface area contributed by atoms with Crippen molar-refractivity contribution in [3.8, 4) is 11.5 Å². The molecule has 1 N–H and O–H groups in total. The van der Waals surface area contributed by atoms with E-state index in [0.717, 1.165) is 13.0 Å². The van der Waals surface area contributed by atoms with Crippen LogP contribution in [-0.4, -0.2) is 26.4 Å². The first kappa shape index (κ1) is 15.6. The number of hydrogen-bond donors (Lipinski definition) is 1. The van der Waals surface area contributed by atoms with Crippen molar-refractivity contribution in [2.45, 2.75) is 26.1 Å². The van der Waals surface area contributed by atoms with Crippen LogP contribution in [0.15, 0.2) is 18.2 Å². The van der Waals surface area contributed by atoms with Gasteiger partial charge in [-0.2, -0.15) is 13.2 Å². The first-order valence-electron chi connectivity index (χ1n) is 6.03. The number of rotatable bonds is 7. The quantitative estimate of drug-likeness (QED) is 0.777. The van der Waals surface area contributed by atoms with Crippen LogP contribution >= 0.6 is 0 Å². The Balaban J connectivity index is 2.77. The van der Waals surface area contributed by atoms with Crippen LogP contribution in [0.2, 0.25) is 0 Å². The molecule has 108 valence electrons. The molecule has 0 heterocycles. The van der Waals surface area contributed by atoms with Gasteiger partial charge in [0.2, 0.25) is 0 Å². The van der Waals surface area contributed by atoms with Crippen molar-refractivity contribution in [3.63, 3.8) is 0 Å². The van der Waals surface area contributed by atoms with Gasteiger partial charge in [0.15, 0.2) is 6.61 Å². The van der Waals surface area contributed by atoms with Gasteiger partial charge >= 0.3 is 6.18 Å². The lowest BCUT2D eigenvalue weighted by Gasteiger charge is -2.14. The molecule has 0 saturated heterocycles. The second kappa shape index (κ2) is 7.23. The average Bonchev–Trinajstić information content (AvgIpc) is 2.36. The second-order valence-electron chi connectivity index (χ2n) is 4.05. The first-order valence-corrected chi connectivity index (χ1v) is 6.03. The maximum Gasteiger partial charge on any atom is 0.422 e. The maximum absolute atomic E-state index is 12.2. The maximum atomic E-state index is 12.2. The minimum atomic E-state index is -4.35. The number of hydrogen-bond acceptors (Lipinski definition) is 3. The molecule has 1 rings (SSSR count). The Hall–Kier alpha value is -1.43. The van der Waals surface area contributed by atoms with E-state index >= 15 is 0 Å². The molecule has 0 spiro atoms. The van der Waals surface area contributed by atoms with Gasteiger partial charge in [0.25, 0.3) is 0 Å². The van der Waals surface area contributed by atoms with Crippen molar-refractivity contribution in [2.24, 2.45) is 0 Å². The standard InChI is InChI=1S/C13H18F3NO2/c1-3-6-17-8-10-4-5-11(18-2)7-12(10)19-9-13(14,15)16/h4-5,7,17H,3,6,8-9H2,1-2H3. The lowest BCUT2D eigenvalue weighted by molar-refractivity contribution is -0.153. The summed E-state index contributed by atoms with van der Waals surface area (Å²) in [7, 11) is 1.46. The molecule has 0 aliphatic carbocycles. The molecule has 1 aromatic carbocycles. The Morgan fingerprint density at radius 1 is 1.26 bits per heavy atom. The molecule has 0 radical (unpaired) electrons. The lowest BCUT2D eigenvalue weighted by Crippen LogP contribution is -2.21. The zero-order chi connectivity index (χ0) is 14.3. The van der Waals surface area contributed by atoms with E-state index in [2.05, 4.69) is 5.32 Å². The third-order valence-electron chi connectivity index (χ3n) is 2.41. The first-order chi connectivity index (χ1) is 8.96. The van der Waals surface area contributed by atoms with Crippen LogP contribution < -0.4 is 14.8 Å². The normalized spacial score (nSPS) is 11.4. The largest absolute Gasteiger partial charge is 0.497 e. The van der Waals surface area contributed by atoms with Crippen LogP contribution in [0.1, 0.15) is 18.9 Å². The molecule has 0 atom stereocenters. The minimum Gasteiger partial charge on any atom is -0.497 e. The summed E-state index contributed by atoms with van der Waals surface area (Å²) in [6, 6.07) is 4.87. The highest BCUT2D eigenvalue weighted by Crippen LogP contribution is 2.26. The van der Waals surface area contributed by atoms with Crippen molar-refractivity contribution < 1.29 is 22.6 Å². The predicted molar refractivity (Wildman–Crippen MR) is 66.5 cm³/mol. The Morgan fingerprint density at radius 2 is 2.00 bits per heavy atom. The van der Waals surface area contributed by atoms with E-state index in [0.29, 0.717) is 17.9 Å². The van der Waals surface area contributed by atoms with Gasteiger partial charge in [0.1, 0.15) is 11.5 Å². The molecular formula is C13H18F3NO2. The van der Waals surface area contributed by atoms with Crippen molar-refractivity contribution in [1.29, 1.82) is 0 Å². The van der Waals surface area contributed by atoms with Crippen LogP contribution in [-0.2, 0) is 6.54 Å². The second-order valence-corrected chi connectivity index (χ2v) is 4.05. The van der Waals surface area contributed by atoms with E-state index < -0.39 is 12.8 Å². The summed E-state index contributed by atoms with van der Waals surface area (Å²) in [6.07, 6.45) is -3.40. The fourth-order valence-electron chi connectivity index (χ4n) is 1.50. The number of ether oxygens (including phenoxy) is 2. The van der Waals surface area contributed by atoms with E-state index in [-0.39, 0.29) is 5.75 Å². The van der Waals surface area contributed by atoms with E-state index in [1.165, 1.54) is 13.2 Å². The molecule has 3 nitrogen and oxygen atoms in total. The lowest BCUT2D eigenvalue weighted by atomic mass is 10.2. The fourth-order valence-corrected chi connectivity index (χ4v) is 1.50. The molecule has 0 aliphatic rings. The Bertz CT molecular complexity index is 394. The van der Waals surface area contributed by atoms with Crippen molar-refractivity contribution >= 4 is 0 Å². The van der Waals surface area contributed by atoms with E-state index in [1.54, 1.807) is 12.1 Å². The number of alkyl halides is 3. The van der Waals surface area contributed by atoms with Crippen molar-refractivity contribution in [1.82, 2.24) is 5.32 Å². The fraction of sp³-hybridized carbons (Fsp3) is 0.538. The molecule has 0 bridgehead atoms. The van der Waals surface area contributed by atoms with Crippen molar-refractivity contribution in [3.05, 3.63) is 23.8 Å². The van der Waals surface area contributed by atoms with Crippen molar-refractivity contribution in [2.75, 3.05) is 20.3 Å². The SMILES string of the molecule is CCCNCc1ccc(OC)cc1OCC(F)(F)F. The molecule has 0 saturated carbocycles. The van der Waals surface area contributed by atoms with Gasteiger partial charge < -0.3 is 14.8 Å². The van der Waals surface area contributed by atoms with Crippen LogP contribution in [0.5, 0.6) is 11.5 Å². The van der Waals surface area contributed by atoms with Gasteiger partial charge in [0.05, 0.1) is 7.11 Å². The summed E-state index contributed by atoms with van der Waals surface area (Å²) < 4.78 is 46.4. The van der Waals surface area contributed by atoms with Gasteiger partial charge in [-0.05, 0) is 19.0 Å². The van der Waals surface area contributed by atoms with E-state index in [1.807, 2.05) is 6.92 Å². The molecule has 0 fully saturated rings. The smallest absolute Gasteiger partial charge is 0.422 e. The molecule has 0 amide bonds. The summed E-state index contributed by atoms with van der Waals surface area (Å²) >= 11 is 0. The highest BCUT2D eigenvalue weighted by molar-refractivity contribution is 5.40. The zero-order valence-corrected chi connectivity index (χ0v) is 11.0. The number of methoxy groups -OCH3 is 1. The third kappa shape index (κ3) is 5.83. The van der Waals surface area contributed by atoms with E-state index in [9.17, 15) is 13.2 Å². The molecule has 6 heteroatoms. The number of benzene rings is 1. The summed E-state index contributed by atoms with van der Waals surface area (Å²) in [5.74, 6) is 0.664. The van der Waals surface area contributed by atoms with Gasteiger partial charge in [-0.3, -0.25) is 0 Å². The third-order valence-corrected chi connectivity index (χ3v) is 2.41. The van der Waals surface area contributed by atoms with Gasteiger partial charge in [0, 0.05) is 18.2 Å². The topological polar surface area (TPSA) is 30.5 Å². The van der Waals surface area contributed by atoms with Crippen LogP contribution in [0, 0.1) is 0 Å². The Kier molecular flexibility index (Phi) is 5.95. The summed E-state index contributed by atoms with van der Waals surface area (Å²) in [6.45, 7) is 1.97. The van der Waals surface area contributed by atoms with Gasteiger partial charge in [-0.1, -0.05) is 13.0 Å². The van der Waals surface area contributed by atoms with Crippen LogP contribution in [0.3, 0.4) is 0 Å². The van der Waals surface area contributed by atoms with Crippen LogP contribution in [0.25, 0.3) is 0 Å². The molecule has 0 unspecified atom stereocenters. The summed E-state index contributed by atoms with van der Waals surface area (Å²) in [5.41, 5.74) is 0.679. The Labute approximate surface area is 110 Å². The highest BCUT2D eigenvalue weighted by Gasteiger charge is 2.28. The molecule has 1 aromatic rings. The molecule has 0 aromatic heterocycles. The number of halogens is 3. The summed E-state index contributed by atoms with van der Waals surface area (Å²) in [5, 5.41) is 3.12. The average molecular weight is 277 g/mol. The van der Waals surface area contributed by atoms with Crippen LogP contribution in [0.4, 0.5) is 13.2 Å². The molecular weight excluding hydrogens is 259 g/mol. The minimum absolute atomic E-state index is 0.195.